The fourth-order valence-corrected chi connectivity index (χ4v) is 5.96. The van der Waals surface area contributed by atoms with Crippen LogP contribution >= 0.6 is 11.2 Å². The van der Waals surface area contributed by atoms with Gasteiger partial charge in [-0.05, 0) is 18.6 Å². The highest BCUT2D eigenvalue weighted by Crippen LogP contribution is 2.26. The number of rotatable bonds is 5. The largest absolute Gasteiger partial charge is 0.260 e. The fraction of sp³-hybridized carbons (Fsp3) is 0.462. The number of nitrogens with zero attached hydrogens (tertiary/aromatic N) is 1. The van der Waals surface area contributed by atoms with Crippen molar-refractivity contribution in [3.05, 3.63) is 30.3 Å². The van der Waals surface area contributed by atoms with E-state index in [0.717, 1.165) is 12.1 Å². The summed E-state index contributed by atoms with van der Waals surface area (Å²) in [6.07, 6.45) is 3.27. The molecule has 0 aliphatic carbocycles. The van der Waals surface area contributed by atoms with E-state index in [-0.39, 0.29) is 0 Å². The maximum atomic E-state index is 4.54. The van der Waals surface area contributed by atoms with Gasteiger partial charge in [0.25, 0.3) is 0 Å². The Bertz CT molecular complexity index is 330. The number of hydrogen-bond donors (Lipinski definition) is 0. The van der Waals surface area contributed by atoms with Crippen molar-refractivity contribution in [2.45, 2.75) is 38.2 Å². The molecule has 3 heteroatoms. The second kappa shape index (κ2) is 6.26. The van der Waals surface area contributed by atoms with E-state index in [1.807, 2.05) is 30.3 Å². The average molecular weight is 251 g/mol. The van der Waals surface area contributed by atoms with Crippen LogP contribution < -0.4 is 0 Å². The monoisotopic (exact) mass is 251 g/mol. The zero-order chi connectivity index (χ0) is 12.0. The van der Waals surface area contributed by atoms with Gasteiger partial charge in [-0.1, -0.05) is 44.8 Å². The van der Waals surface area contributed by atoms with E-state index in [2.05, 4.69) is 49.0 Å². The smallest absolute Gasteiger partial charge is 0.109 e. The summed E-state index contributed by atoms with van der Waals surface area (Å²) in [7, 11) is -1.05. The number of hydrogen-bond acceptors (Lipinski definition) is 2. The second-order valence-electron chi connectivity index (χ2n) is 4.79. The highest BCUT2D eigenvalue weighted by atomic mass is 32.4. The van der Waals surface area contributed by atoms with Crippen LogP contribution in [-0.2, 0) is 0 Å². The van der Waals surface area contributed by atoms with Gasteiger partial charge < -0.3 is 0 Å². The zero-order valence-electron chi connectivity index (χ0n) is 10.6. The zero-order valence-corrected chi connectivity index (χ0v) is 12.4. The molecule has 0 amide bonds. The number of aliphatic imine (C=N–C) groups is 1. The molecule has 0 aliphatic rings. The molecule has 1 unspecified atom stereocenters. The Labute approximate surface area is 104 Å². The van der Waals surface area contributed by atoms with E-state index >= 15 is 0 Å². The molecule has 0 fully saturated rings. The SMILES string of the molecule is CCC(/C=N/c1ccccc1)S[Si](C)(C)C. The third-order valence-electron chi connectivity index (χ3n) is 2.05. The standard InChI is InChI=1S/C13H21NSSi/c1-5-13(15-16(2,3)4)11-14-12-9-7-6-8-10-12/h6-11,13H,5H2,1-4H3/b14-11+. The van der Waals surface area contributed by atoms with Gasteiger partial charge in [0.1, 0.15) is 7.22 Å². The molecule has 0 N–H and O–H groups in total. The summed E-state index contributed by atoms with van der Waals surface area (Å²) >= 11 is 2.11. The molecule has 1 atom stereocenters. The molecule has 88 valence electrons. The van der Waals surface area contributed by atoms with Gasteiger partial charge in [-0.3, -0.25) is 4.99 Å². The molecular weight excluding hydrogens is 230 g/mol. The molecule has 0 heterocycles. The van der Waals surface area contributed by atoms with Crippen molar-refractivity contribution in [1.82, 2.24) is 0 Å². The quantitative estimate of drug-likeness (QED) is 0.544. The summed E-state index contributed by atoms with van der Waals surface area (Å²) in [4.78, 5) is 4.54. The minimum absolute atomic E-state index is 0.562. The summed E-state index contributed by atoms with van der Waals surface area (Å²) < 4.78 is 0. The van der Waals surface area contributed by atoms with Crippen LogP contribution in [0.5, 0.6) is 0 Å². The minimum Gasteiger partial charge on any atom is -0.260 e. The maximum Gasteiger partial charge on any atom is 0.109 e. The van der Waals surface area contributed by atoms with Gasteiger partial charge in [-0.2, -0.15) is 11.2 Å². The van der Waals surface area contributed by atoms with Gasteiger partial charge in [-0.15, -0.1) is 0 Å². The van der Waals surface area contributed by atoms with Gasteiger partial charge in [0.15, 0.2) is 0 Å². The third-order valence-corrected chi connectivity index (χ3v) is 6.55. The maximum absolute atomic E-state index is 4.54. The van der Waals surface area contributed by atoms with Crippen LogP contribution in [0.2, 0.25) is 19.6 Å². The molecule has 0 spiro atoms. The molecule has 1 aromatic carbocycles. The van der Waals surface area contributed by atoms with Crippen molar-refractivity contribution in [1.29, 1.82) is 0 Å². The average Bonchev–Trinajstić information content (AvgIpc) is 2.24. The van der Waals surface area contributed by atoms with Gasteiger partial charge in [-0.25, -0.2) is 0 Å². The van der Waals surface area contributed by atoms with Crippen LogP contribution in [-0.4, -0.2) is 18.7 Å². The molecule has 1 aromatic rings. The molecule has 0 bridgehead atoms. The van der Waals surface area contributed by atoms with Crippen molar-refractivity contribution in [3.63, 3.8) is 0 Å². The van der Waals surface area contributed by atoms with Crippen LogP contribution in [0.25, 0.3) is 0 Å². The van der Waals surface area contributed by atoms with Crippen LogP contribution in [0.3, 0.4) is 0 Å². The predicted octanol–water partition coefficient (Wildman–Crippen LogP) is 4.74. The molecule has 1 nitrogen and oxygen atoms in total. The van der Waals surface area contributed by atoms with Crippen LogP contribution in [0.1, 0.15) is 13.3 Å². The summed E-state index contributed by atoms with van der Waals surface area (Å²) in [6.45, 7) is 9.39. The summed E-state index contributed by atoms with van der Waals surface area (Å²) in [5, 5.41) is 0.562. The van der Waals surface area contributed by atoms with E-state index in [1.165, 1.54) is 0 Å². The lowest BCUT2D eigenvalue weighted by molar-refractivity contribution is 1.03. The fourth-order valence-electron chi connectivity index (χ4n) is 1.36. The minimum atomic E-state index is -1.05. The predicted molar refractivity (Wildman–Crippen MR) is 79.6 cm³/mol. The van der Waals surface area contributed by atoms with Gasteiger partial charge >= 0.3 is 0 Å². The molecule has 0 aliphatic heterocycles. The molecule has 0 aromatic heterocycles. The Balaban J connectivity index is 2.60. The van der Waals surface area contributed by atoms with Crippen molar-refractivity contribution in [2.75, 3.05) is 0 Å². The van der Waals surface area contributed by atoms with Crippen molar-refractivity contribution < 1.29 is 0 Å². The first kappa shape index (κ1) is 13.5. The summed E-state index contributed by atoms with van der Waals surface area (Å²) in [6, 6.07) is 10.2. The van der Waals surface area contributed by atoms with Gasteiger partial charge in [0.05, 0.1) is 5.69 Å². The van der Waals surface area contributed by atoms with Crippen LogP contribution in [0.4, 0.5) is 5.69 Å². The van der Waals surface area contributed by atoms with Crippen LogP contribution in [0, 0.1) is 0 Å². The lowest BCUT2D eigenvalue weighted by Crippen LogP contribution is -2.20. The molecular formula is C13H21NSSi. The highest BCUT2D eigenvalue weighted by Gasteiger charge is 2.18. The number of benzene rings is 1. The van der Waals surface area contributed by atoms with E-state index < -0.39 is 7.22 Å². The van der Waals surface area contributed by atoms with Crippen molar-refractivity contribution in [2.24, 2.45) is 4.99 Å². The Morgan fingerprint density at radius 1 is 1.25 bits per heavy atom. The molecule has 0 saturated heterocycles. The topological polar surface area (TPSA) is 12.4 Å². The third kappa shape index (κ3) is 5.52. The second-order valence-corrected chi connectivity index (χ2v) is 14.2. The normalized spacial score (nSPS) is 14.2. The molecule has 1 rings (SSSR count). The van der Waals surface area contributed by atoms with Gasteiger partial charge in [0, 0.05) is 11.5 Å². The lowest BCUT2D eigenvalue weighted by Gasteiger charge is -2.20. The Hall–Kier alpha value is -0.543. The Kier molecular flexibility index (Phi) is 5.29. The van der Waals surface area contributed by atoms with E-state index in [0.29, 0.717) is 5.25 Å². The first-order chi connectivity index (χ1) is 7.51. The molecule has 0 saturated carbocycles. The lowest BCUT2D eigenvalue weighted by atomic mass is 10.3. The molecule has 16 heavy (non-hydrogen) atoms. The molecule has 0 radical (unpaired) electrons. The van der Waals surface area contributed by atoms with E-state index in [4.69, 9.17) is 0 Å². The number of para-hydroxylation sites is 1. The summed E-state index contributed by atoms with van der Waals surface area (Å²) in [5.41, 5.74) is 1.05. The Morgan fingerprint density at radius 2 is 1.88 bits per heavy atom. The first-order valence-electron chi connectivity index (χ1n) is 5.78. The highest BCUT2D eigenvalue weighted by molar-refractivity contribution is 8.29. The van der Waals surface area contributed by atoms with Crippen molar-refractivity contribution in [3.8, 4) is 0 Å². The van der Waals surface area contributed by atoms with Gasteiger partial charge in [0.2, 0.25) is 0 Å². The Morgan fingerprint density at radius 3 is 2.38 bits per heavy atom. The van der Waals surface area contributed by atoms with E-state index in [9.17, 15) is 0 Å². The van der Waals surface area contributed by atoms with E-state index in [1.54, 1.807) is 0 Å². The van der Waals surface area contributed by atoms with Crippen LogP contribution in [0.15, 0.2) is 35.3 Å². The summed E-state index contributed by atoms with van der Waals surface area (Å²) in [5.74, 6) is 0. The van der Waals surface area contributed by atoms with Crippen molar-refractivity contribution >= 4 is 30.3 Å². The first-order valence-corrected chi connectivity index (χ1v) is 10.9.